The largest absolute Gasteiger partial charge is 0.490 e. The molecular weight excluding hydrogens is 266 g/mol. The lowest BCUT2D eigenvalue weighted by molar-refractivity contribution is 0.0691. The highest BCUT2D eigenvalue weighted by Gasteiger charge is 2.12. The zero-order chi connectivity index (χ0) is 15.0. The van der Waals surface area contributed by atoms with Crippen LogP contribution < -0.4 is 4.74 Å². The van der Waals surface area contributed by atoms with Crippen molar-refractivity contribution in [1.29, 1.82) is 0 Å². The molecule has 112 valence electrons. The second-order valence-corrected chi connectivity index (χ2v) is 4.70. The van der Waals surface area contributed by atoms with Gasteiger partial charge in [0.15, 0.2) is 0 Å². The summed E-state index contributed by atoms with van der Waals surface area (Å²) in [6.45, 7) is 1.95. The van der Waals surface area contributed by atoms with Gasteiger partial charge < -0.3 is 9.84 Å². The van der Waals surface area contributed by atoms with Crippen molar-refractivity contribution in [1.82, 2.24) is 0 Å². The molecule has 0 bridgehead atoms. The molecule has 0 spiro atoms. The third kappa shape index (κ3) is 5.55. The van der Waals surface area contributed by atoms with Crippen molar-refractivity contribution in [2.45, 2.75) is 45.2 Å². The molecule has 1 aromatic rings. The quantitative estimate of drug-likeness (QED) is 0.692. The maximum Gasteiger partial charge on any atom is 0.338 e. The molecule has 0 radical (unpaired) electrons. The van der Waals surface area contributed by atoms with Gasteiger partial charge in [-0.15, -0.1) is 0 Å². The van der Waals surface area contributed by atoms with Crippen molar-refractivity contribution < 1.29 is 23.4 Å². The molecule has 0 amide bonds. The van der Waals surface area contributed by atoms with Gasteiger partial charge in [0.1, 0.15) is 24.3 Å². The van der Waals surface area contributed by atoms with Gasteiger partial charge in [0, 0.05) is 6.07 Å². The Bertz CT molecular complexity index is 435. The number of carboxylic acid groups (broad SMARTS) is 1. The number of halogens is 2. The van der Waals surface area contributed by atoms with Crippen molar-refractivity contribution in [3.8, 4) is 5.75 Å². The van der Waals surface area contributed by atoms with E-state index < -0.39 is 23.5 Å². The fourth-order valence-electron chi connectivity index (χ4n) is 1.82. The molecule has 0 saturated carbocycles. The van der Waals surface area contributed by atoms with Gasteiger partial charge in [0.25, 0.3) is 0 Å². The lowest BCUT2D eigenvalue weighted by Crippen LogP contribution is -2.13. The first-order valence-corrected chi connectivity index (χ1v) is 6.84. The van der Waals surface area contributed by atoms with E-state index in [-0.39, 0.29) is 12.4 Å². The number of alkyl halides is 1. The molecule has 0 saturated heterocycles. The maximum atomic E-state index is 13.5. The van der Waals surface area contributed by atoms with Crippen molar-refractivity contribution in [2.75, 3.05) is 6.61 Å². The number of rotatable bonds is 9. The topological polar surface area (TPSA) is 46.5 Å². The molecule has 0 aromatic heterocycles. The summed E-state index contributed by atoms with van der Waals surface area (Å²) in [5, 5.41) is 8.67. The highest BCUT2D eigenvalue weighted by molar-refractivity contribution is 5.88. The fourth-order valence-corrected chi connectivity index (χ4v) is 1.82. The highest BCUT2D eigenvalue weighted by atomic mass is 19.1. The van der Waals surface area contributed by atoms with Crippen LogP contribution in [0.2, 0.25) is 0 Å². The summed E-state index contributed by atoms with van der Waals surface area (Å²) in [6.07, 6.45) is 3.34. The number of aromatic carboxylic acids is 1. The van der Waals surface area contributed by atoms with Gasteiger partial charge in [-0.3, -0.25) is 0 Å². The van der Waals surface area contributed by atoms with Crippen LogP contribution in [-0.4, -0.2) is 23.9 Å². The SMILES string of the molecule is CCCCCCC(F)COc1ccc(C(=O)O)c(F)c1. The zero-order valence-corrected chi connectivity index (χ0v) is 11.6. The van der Waals surface area contributed by atoms with Gasteiger partial charge in [-0.2, -0.15) is 0 Å². The number of hydrogen-bond donors (Lipinski definition) is 1. The van der Waals surface area contributed by atoms with Gasteiger partial charge in [0.2, 0.25) is 0 Å². The van der Waals surface area contributed by atoms with Crippen LogP contribution in [0.1, 0.15) is 49.4 Å². The Labute approximate surface area is 117 Å². The van der Waals surface area contributed by atoms with Crippen molar-refractivity contribution in [2.24, 2.45) is 0 Å². The van der Waals surface area contributed by atoms with E-state index in [4.69, 9.17) is 9.84 Å². The van der Waals surface area contributed by atoms with E-state index in [9.17, 15) is 13.6 Å². The summed E-state index contributed by atoms with van der Waals surface area (Å²) >= 11 is 0. The Morgan fingerprint density at radius 1 is 1.35 bits per heavy atom. The number of ether oxygens (including phenoxy) is 1. The lowest BCUT2D eigenvalue weighted by atomic mass is 10.1. The molecule has 20 heavy (non-hydrogen) atoms. The van der Waals surface area contributed by atoms with Crippen LogP contribution in [0, 0.1) is 5.82 Å². The van der Waals surface area contributed by atoms with E-state index >= 15 is 0 Å². The first-order valence-electron chi connectivity index (χ1n) is 6.84. The Morgan fingerprint density at radius 3 is 2.70 bits per heavy atom. The molecule has 1 aromatic carbocycles. The molecule has 0 aliphatic rings. The minimum absolute atomic E-state index is 0.141. The predicted octanol–water partition coefficient (Wildman–Crippen LogP) is 4.21. The summed E-state index contributed by atoms with van der Waals surface area (Å²) < 4.78 is 32.0. The predicted molar refractivity (Wildman–Crippen MR) is 72.5 cm³/mol. The summed E-state index contributed by atoms with van der Waals surface area (Å²) in [5.74, 6) is -2.08. The van der Waals surface area contributed by atoms with Crippen LogP contribution in [0.3, 0.4) is 0 Å². The fraction of sp³-hybridized carbons (Fsp3) is 0.533. The van der Waals surface area contributed by atoms with Gasteiger partial charge in [-0.05, 0) is 18.6 Å². The molecule has 1 N–H and O–H groups in total. The number of carbonyl (C=O) groups is 1. The summed E-state index contributed by atoms with van der Waals surface area (Å²) in [6, 6.07) is 3.41. The van der Waals surface area contributed by atoms with Crippen LogP contribution in [0.4, 0.5) is 8.78 Å². The molecule has 1 rings (SSSR count). The van der Waals surface area contributed by atoms with E-state index in [1.54, 1.807) is 0 Å². The lowest BCUT2D eigenvalue weighted by Gasteiger charge is -2.11. The van der Waals surface area contributed by atoms with E-state index in [0.29, 0.717) is 6.42 Å². The number of carboxylic acids is 1. The van der Waals surface area contributed by atoms with Gasteiger partial charge in [0.05, 0.1) is 5.56 Å². The Kier molecular flexibility index (Phi) is 6.98. The smallest absolute Gasteiger partial charge is 0.338 e. The Morgan fingerprint density at radius 2 is 2.10 bits per heavy atom. The molecule has 0 aliphatic heterocycles. The standard InChI is InChI=1S/C15H20F2O3/c1-2-3-4-5-6-11(16)10-20-12-7-8-13(15(18)19)14(17)9-12/h7-9,11H,2-6,10H2,1H3,(H,18,19). The van der Waals surface area contributed by atoms with Crippen molar-refractivity contribution in [3.05, 3.63) is 29.6 Å². The molecule has 0 fully saturated rings. The van der Waals surface area contributed by atoms with Crippen LogP contribution in [0.15, 0.2) is 18.2 Å². The molecular formula is C15H20F2O3. The van der Waals surface area contributed by atoms with Gasteiger partial charge >= 0.3 is 5.97 Å². The van der Waals surface area contributed by atoms with E-state index in [1.165, 1.54) is 6.07 Å². The molecule has 0 aliphatic carbocycles. The Hall–Kier alpha value is -1.65. The minimum Gasteiger partial charge on any atom is -0.490 e. The zero-order valence-electron chi connectivity index (χ0n) is 11.6. The van der Waals surface area contributed by atoms with Gasteiger partial charge in [-0.25, -0.2) is 13.6 Å². The van der Waals surface area contributed by atoms with Crippen LogP contribution in [0.25, 0.3) is 0 Å². The van der Waals surface area contributed by atoms with E-state index in [0.717, 1.165) is 37.8 Å². The summed E-state index contributed by atoms with van der Waals surface area (Å²) in [4.78, 5) is 10.6. The number of unbranched alkanes of at least 4 members (excludes halogenated alkanes) is 3. The van der Waals surface area contributed by atoms with Crippen LogP contribution >= 0.6 is 0 Å². The third-order valence-corrected chi connectivity index (χ3v) is 2.97. The van der Waals surface area contributed by atoms with E-state index in [2.05, 4.69) is 6.92 Å². The molecule has 3 nitrogen and oxygen atoms in total. The number of hydrogen-bond acceptors (Lipinski definition) is 2. The first-order chi connectivity index (χ1) is 9.54. The third-order valence-electron chi connectivity index (χ3n) is 2.97. The number of benzene rings is 1. The monoisotopic (exact) mass is 286 g/mol. The highest BCUT2D eigenvalue weighted by Crippen LogP contribution is 2.18. The second-order valence-electron chi connectivity index (χ2n) is 4.70. The maximum absolute atomic E-state index is 13.5. The summed E-state index contributed by atoms with van der Waals surface area (Å²) in [7, 11) is 0. The molecule has 1 unspecified atom stereocenters. The second kappa shape index (κ2) is 8.51. The van der Waals surface area contributed by atoms with Crippen LogP contribution in [0.5, 0.6) is 5.75 Å². The normalized spacial score (nSPS) is 12.2. The molecule has 1 atom stereocenters. The average molecular weight is 286 g/mol. The first kappa shape index (κ1) is 16.4. The minimum atomic E-state index is -1.34. The van der Waals surface area contributed by atoms with Crippen molar-refractivity contribution in [3.63, 3.8) is 0 Å². The van der Waals surface area contributed by atoms with Crippen LogP contribution in [-0.2, 0) is 0 Å². The van der Waals surface area contributed by atoms with E-state index in [1.807, 2.05) is 0 Å². The molecule has 0 heterocycles. The average Bonchev–Trinajstić information content (AvgIpc) is 2.41. The molecule has 5 heteroatoms. The Balaban J connectivity index is 2.38. The van der Waals surface area contributed by atoms with Crippen molar-refractivity contribution >= 4 is 5.97 Å². The summed E-state index contributed by atoms with van der Waals surface area (Å²) in [5.41, 5.74) is -0.422. The van der Waals surface area contributed by atoms with Gasteiger partial charge in [-0.1, -0.05) is 32.6 Å².